The van der Waals surface area contributed by atoms with Crippen LogP contribution in [0.25, 0.3) is 0 Å². The lowest BCUT2D eigenvalue weighted by molar-refractivity contribution is 0.0776. The van der Waals surface area contributed by atoms with Crippen molar-refractivity contribution >= 4 is 5.78 Å². The Morgan fingerprint density at radius 3 is 2.95 bits per heavy atom. The normalized spacial score (nSPS) is 27.2. The number of ketones is 1. The van der Waals surface area contributed by atoms with Gasteiger partial charge in [-0.3, -0.25) is 9.69 Å². The van der Waals surface area contributed by atoms with Crippen LogP contribution in [-0.4, -0.2) is 29.8 Å². The van der Waals surface area contributed by atoms with Gasteiger partial charge in [-0.15, -0.1) is 0 Å². The van der Waals surface area contributed by atoms with Gasteiger partial charge in [0.05, 0.1) is 6.54 Å². The van der Waals surface area contributed by atoms with E-state index in [0.717, 1.165) is 12.5 Å². The number of piperidine rings is 1. The minimum Gasteiger partial charge on any atom is -0.293 e. The molecule has 1 aromatic carbocycles. The molecule has 2 aliphatic rings. The van der Waals surface area contributed by atoms with Crippen LogP contribution >= 0.6 is 0 Å². The van der Waals surface area contributed by atoms with Crippen molar-refractivity contribution in [3.63, 3.8) is 0 Å². The van der Waals surface area contributed by atoms with Gasteiger partial charge in [-0.2, -0.15) is 0 Å². The maximum atomic E-state index is 13.2. The Morgan fingerprint density at radius 2 is 2.11 bits per heavy atom. The molecule has 3 rings (SSSR count). The summed E-state index contributed by atoms with van der Waals surface area (Å²) in [5.74, 6) is 0.504. The Morgan fingerprint density at radius 1 is 1.26 bits per heavy atom. The molecule has 0 aromatic heterocycles. The summed E-state index contributed by atoms with van der Waals surface area (Å²) in [6.07, 6.45) is 6.34. The first-order valence-corrected chi connectivity index (χ1v) is 7.27. The van der Waals surface area contributed by atoms with Crippen molar-refractivity contribution in [2.75, 3.05) is 13.1 Å². The summed E-state index contributed by atoms with van der Waals surface area (Å²) in [6.45, 7) is 1.47. The lowest BCUT2D eigenvalue weighted by atomic mass is 9.91. The van der Waals surface area contributed by atoms with E-state index in [9.17, 15) is 9.18 Å². The highest BCUT2D eigenvalue weighted by Gasteiger charge is 2.35. The van der Waals surface area contributed by atoms with E-state index in [1.54, 1.807) is 12.1 Å². The van der Waals surface area contributed by atoms with E-state index < -0.39 is 0 Å². The third-order valence-corrected chi connectivity index (χ3v) is 4.60. The molecule has 102 valence electrons. The molecule has 0 amide bonds. The fraction of sp³-hybridized carbons (Fsp3) is 0.562. The standard InChI is InChI=1S/C16H20FNO/c17-14-7-1-5-13(10-14)16(19)11-18-9-3-6-12-4-2-8-15(12)18/h1,5,7,10,12,15H,2-4,6,8-9,11H2. The number of fused-ring (bicyclic) bond motifs is 1. The van der Waals surface area contributed by atoms with Crippen LogP contribution in [0.5, 0.6) is 0 Å². The van der Waals surface area contributed by atoms with Gasteiger partial charge >= 0.3 is 0 Å². The Hall–Kier alpha value is -1.22. The van der Waals surface area contributed by atoms with Gasteiger partial charge < -0.3 is 0 Å². The molecular weight excluding hydrogens is 241 g/mol. The molecule has 2 atom stereocenters. The molecule has 3 heteroatoms. The molecule has 1 heterocycles. The number of hydrogen-bond donors (Lipinski definition) is 0. The predicted octanol–water partition coefficient (Wildman–Crippen LogP) is 3.27. The number of Topliss-reactive ketones (excluding diaryl/α,β-unsaturated/α-hetero) is 1. The highest BCUT2D eigenvalue weighted by Crippen LogP contribution is 2.36. The van der Waals surface area contributed by atoms with Crippen LogP contribution < -0.4 is 0 Å². The van der Waals surface area contributed by atoms with E-state index in [-0.39, 0.29) is 11.6 Å². The lowest BCUT2D eigenvalue weighted by Crippen LogP contribution is -2.45. The molecule has 2 unspecified atom stereocenters. The molecule has 2 fully saturated rings. The number of rotatable bonds is 3. The number of halogens is 1. The van der Waals surface area contributed by atoms with Crippen molar-refractivity contribution in [3.05, 3.63) is 35.6 Å². The summed E-state index contributed by atoms with van der Waals surface area (Å²) in [5, 5.41) is 0. The fourth-order valence-electron chi connectivity index (χ4n) is 3.69. The van der Waals surface area contributed by atoms with E-state index in [4.69, 9.17) is 0 Å². The quantitative estimate of drug-likeness (QED) is 0.778. The van der Waals surface area contributed by atoms with Gasteiger partial charge in [0.2, 0.25) is 0 Å². The Bertz CT molecular complexity index is 474. The smallest absolute Gasteiger partial charge is 0.176 e. The Labute approximate surface area is 113 Å². The van der Waals surface area contributed by atoms with Crippen LogP contribution in [0.3, 0.4) is 0 Å². The molecule has 0 spiro atoms. The zero-order valence-electron chi connectivity index (χ0n) is 11.1. The number of carbonyl (C=O) groups is 1. The first-order chi connectivity index (χ1) is 9.24. The highest BCUT2D eigenvalue weighted by molar-refractivity contribution is 5.97. The molecule has 1 aromatic rings. The number of benzene rings is 1. The Balaban J connectivity index is 1.69. The molecule has 1 aliphatic carbocycles. The fourth-order valence-corrected chi connectivity index (χ4v) is 3.69. The van der Waals surface area contributed by atoms with Crippen LogP contribution in [0.2, 0.25) is 0 Å². The summed E-state index contributed by atoms with van der Waals surface area (Å²) >= 11 is 0. The van der Waals surface area contributed by atoms with E-state index >= 15 is 0 Å². The van der Waals surface area contributed by atoms with E-state index in [2.05, 4.69) is 4.90 Å². The lowest BCUT2D eigenvalue weighted by Gasteiger charge is -2.37. The van der Waals surface area contributed by atoms with Gasteiger partial charge in [-0.1, -0.05) is 18.6 Å². The van der Waals surface area contributed by atoms with Crippen LogP contribution in [0.1, 0.15) is 42.5 Å². The first kappa shape index (κ1) is 12.8. The zero-order valence-corrected chi connectivity index (χ0v) is 11.1. The minimum absolute atomic E-state index is 0.0482. The molecular formula is C16H20FNO. The topological polar surface area (TPSA) is 20.3 Å². The molecule has 0 radical (unpaired) electrons. The van der Waals surface area contributed by atoms with E-state index in [0.29, 0.717) is 18.2 Å². The summed E-state index contributed by atoms with van der Waals surface area (Å²) in [5.41, 5.74) is 0.500. The van der Waals surface area contributed by atoms with Gasteiger partial charge in [0.25, 0.3) is 0 Å². The van der Waals surface area contributed by atoms with Gasteiger partial charge in [-0.05, 0) is 50.3 Å². The summed E-state index contributed by atoms with van der Waals surface area (Å²) < 4.78 is 13.2. The van der Waals surface area contributed by atoms with Crippen molar-refractivity contribution in [3.8, 4) is 0 Å². The average Bonchev–Trinajstić information content (AvgIpc) is 2.88. The van der Waals surface area contributed by atoms with Gasteiger partial charge in [0, 0.05) is 11.6 Å². The number of nitrogens with zero attached hydrogens (tertiary/aromatic N) is 1. The average molecular weight is 261 g/mol. The monoisotopic (exact) mass is 261 g/mol. The second-order valence-electron chi connectivity index (χ2n) is 5.80. The van der Waals surface area contributed by atoms with Crippen molar-refractivity contribution in [2.45, 2.75) is 38.1 Å². The number of hydrogen-bond acceptors (Lipinski definition) is 2. The van der Waals surface area contributed by atoms with Crippen molar-refractivity contribution in [1.29, 1.82) is 0 Å². The summed E-state index contributed by atoms with van der Waals surface area (Å²) in [7, 11) is 0. The van der Waals surface area contributed by atoms with Crippen LogP contribution in [-0.2, 0) is 0 Å². The maximum absolute atomic E-state index is 13.2. The van der Waals surface area contributed by atoms with Crippen molar-refractivity contribution in [1.82, 2.24) is 4.90 Å². The van der Waals surface area contributed by atoms with Crippen LogP contribution in [0.15, 0.2) is 24.3 Å². The van der Waals surface area contributed by atoms with Crippen LogP contribution in [0.4, 0.5) is 4.39 Å². The first-order valence-electron chi connectivity index (χ1n) is 7.27. The van der Waals surface area contributed by atoms with Crippen LogP contribution in [0, 0.1) is 11.7 Å². The summed E-state index contributed by atoms with van der Waals surface area (Å²) in [4.78, 5) is 14.6. The molecule has 2 nitrogen and oxygen atoms in total. The zero-order chi connectivity index (χ0) is 13.2. The van der Waals surface area contributed by atoms with Gasteiger partial charge in [0.1, 0.15) is 5.82 Å². The highest BCUT2D eigenvalue weighted by atomic mass is 19.1. The number of carbonyl (C=O) groups excluding carboxylic acids is 1. The third-order valence-electron chi connectivity index (χ3n) is 4.60. The molecule has 1 saturated heterocycles. The van der Waals surface area contributed by atoms with Crippen molar-refractivity contribution in [2.24, 2.45) is 5.92 Å². The molecule has 1 aliphatic heterocycles. The van der Waals surface area contributed by atoms with Crippen molar-refractivity contribution < 1.29 is 9.18 Å². The predicted molar refractivity (Wildman–Crippen MR) is 72.7 cm³/mol. The third kappa shape index (κ3) is 2.71. The second kappa shape index (κ2) is 5.41. The van der Waals surface area contributed by atoms with E-state index in [1.165, 1.54) is 44.2 Å². The minimum atomic E-state index is -0.330. The summed E-state index contributed by atoms with van der Waals surface area (Å²) in [6, 6.07) is 6.63. The molecule has 1 saturated carbocycles. The Kier molecular flexibility index (Phi) is 3.65. The maximum Gasteiger partial charge on any atom is 0.176 e. The van der Waals surface area contributed by atoms with Gasteiger partial charge in [0.15, 0.2) is 5.78 Å². The molecule has 0 N–H and O–H groups in total. The molecule has 0 bridgehead atoms. The second-order valence-corrected chi connectivity index (χ2v) is 5.80. The van der Waals surface area contributed by atoms with Gasteiger partial charge in [-0.25, -0.2) is 4.39 Å². The SMILES string of the molecule is O=C(CN1CCCC2CCCC21)c1cccc(F)c1. The van der Waals surface area contributed by atoms with E-state index in [1.807, 2.05) is 0 Å². The number of likely N-dealkylation sites (tertiary alicyclic amines) is 1. The largest absolute Gasteiger partial charge is 0.293 e. The molecule has 19 heavy (non-hydrogen) atoms.